The predicted molar refractivity (Wildman–Crippen MR) is 84.4 cm³/mol. The molecule has 1 aliphatic heterocycles. The smallest absolute Gasteiger partial charge is 0.238 e. The van der Waals surface area contributed by atoms with Gasteiger partial charge in [-0.25, -0.2) is 0 Å². The molecule has 20 heavy (non-hydrogen) atoms. The van der Waals surface area contributed by atoms with Crippen LogP contribution in [0.3, 0.4) is 0 Å². The molecule has 1 aliphatic rings. The number of hydrogen-bond donors (Lipinski definition) is 2. The molecule has 1 unspecified atom stereocenters. The quantitative estimate of drug-likeness (QED) is 0.827. The number of thioether (sulfide) groups is 1. The molecule has 0 radical (unpaired) electrons. The number of benzene rings is 1. The minimum absolute atomic E-state index is 0.0211. The number of methoxy groups -OCH3 is 1. The first-order valence-electron chi connectivity index (χ1n) is 6.66. The number of nitrogens with two attached hydrogens (primary N) is 1. The first-order valence-corrected chi connectivity index (χ1v) is 7.70. The highest BCUT2D eigenvalue weighted by Gasteiger charge is 2.19. The highest BCUT2D eigenvalue weighted by molar-refractivity contribution is 7.99. The zero-order valence-corrected chi connectivity index (χ0v) is 12.7. The molecular formula is C14H21N3O2S. The molecule has 1 saturated heterocycles. The van der Waals surface area contributed by atoms with E-state index in [2.05, 4.69) is 17.1 Å². The van der Waals surface area contributed by atoms with Crippen molar-refractivity contribution in [3.8, 4) is 5.75 Å². The average molecular weight is 295 g/mol. The van der Waals surface area contributed by atoms with E-state index in [1.54, 1.807) is 25.3 Å². The van der Waals surface area contributed by atoms with Crippen LogP contribution in [0.15, 0.2) is 18.2 Å². The Bertz CT molecular complexity index is 481. The molecule has 1 aromatic rings. The second kappa shape index (κ2) is 6.85. The highest BCUT2D eigenvalue weighted by Crippen LogP contribution is 2.26. The van der Waals surface area contributed by atoms with Gasteiger partial charge in [-0.15, -0.1) is 0 Å². The summed E-state index contributed by atoms with van der Waals surface area (Å²) in [4.78, 5) is 14.3. The molecule has 1 heterocycles. The lowest BCUT2D eigenvalue weighted by atomic mass is 10.2. The normalized spacial score (nSPS) is 19.6. The van der Waals surface area contributed by atoms with Crippen molar-refractivity contribution in [2.45, 2.75) is 12.2 Å². The van der Waals surface area contributed by atoms with Gasteiger partial charge in [-0.05, 0) is 12.1 Å². The maximum atomic E-state index is 12.1. The zero-order valence-electron chi connectivity index (χ0n) is 11.9. The Hall–Kier alpha value is -1.40. The Morgan fingerprint density at radius 1 is 1.60 bits per heavy atom. The van der Waals surface area contributed by atoms with Crippen LogP contribution in [0.25, 0.3) is 0 Å². The van der Waals surface area contributed by atoms with Crippen LogP contribution in [0.2, 0.25) is 0 Å². The van der Waals surface area contributed by atoms with Crippen molar-refractivity contribution in [2.24, 2.45) is 0 Å². The van der Waals surface area contributed by atoms with Crippen molar-refractivity contribution < 1.29 is 9.53 Å². The van der Waals surface area contributed by atoms with Gasteiger partial charge in [0, 0.05) is 35.8 Å². The number of ether oxygens (including phenoxy) is 1. The second-order valence-electron chi connectivity index (χ2n) is 4.92. The number of nitrogens with zero attached hydrogens (tertiary/aromatic N) is 1. The largest absolute Gasteiger partial charge is 0.494 e. The Morgan fingerprint density at radius 2 is 2.40 bits per heavy atom. The molecule has 110 valence electrons. The maximum absolute atomic E-state index is 12.1. The van der Waals surface area contributed by atoms with Gasteiger partial charge in [0.15, 0.2) is 0 Å². The number of anilines is 2. The molecule has 6 heteroatoms. The summed E-state index contributed by atoms with van der Waals surface area (Å²) in [6.07, 6.45) is 0. The Labute approximate surface area is 123 Å². The lowest BCUT2D eigenvalue weighted by Crippen LogP contribution is -2.41. The van der Waals surface area contributed by atoms with E-state index < -0.39 is 0 Å². The lowest BCUT2D eigenvalue weighted by molar-refractivity contribution is -0.117. The van der Waals surface area contributed by atoms with E-state index in [1.165, 1.54) is 0 Å². The van der Waals surface area contributed by atoms with Crippen LogP contribution >= 0.6 is 11.8 Å². The third kappa shape index (κ3) is 4.05. The summed E-state index contributed by atoms with van der Waals surface area (Å²) in [5, 5.41) is 3.47. The van der Waals surface area contributed by atoms with E-state index in [0.29, 0.717) is 28.9 Å². The van der Waals surface area contributed by atoms with Crippen molar-refractivity contribution in [1.29, 1.82) is 0 Å². The van der Waals surface area contributed by atoms with E-state index in [4.69, 9.17) is 10.5 Å². The van der Waals surface area contributed by atoms with Gasteiger partial charge in [-0.3, -0.25) is 9.69 Å². The lowest BCUT2D eigenvalue weighted by Gasteiger charge is -2.29. The van der Waals surface area contributed by atoms with Gasteiger partial charge in [-0.2, -0.15) is 11.8 Å². The van der Waals surface area contributed by atoms with Gasteiger partial charge in [0.1, 0.15) is 5.75 Å². The number of hydrogen-bond acceptors (Lipinski definition) is 5. The number of nitrogens with one attached hydrogen (secondary N) is 1. The van der Waals surface area contributed by atoms with Crippen LogP contribution in [-0.4, -0.2) is 48.6 Å². The van der Waals surface area contributed by atoms with Crippen molar-refractivity contribution >= 4 is 29.0 Å². The SMILES string of the molecule is COc1cc(N)ccc1NC(=O)CN1CCSC(C)C1. The monoisotopic (exact) mass is 295 g/mol. The summed E-state index contributed by atoms with van der Waals surface area (Å²) in [7, 11) is 1.56. The number of nitrogen functional groups attached to an aromatic ring is 1. The van der Waals surface area contributed by atoms with E-state index >= 15 is 0 Å². The molecule has 0 bridgehead atoms. The minimum Gasteiger partial charge on any atom is -0.494 e. The number of carbonyl (C=O) groups excluding carboxylic acids is 1. The molecule has 0 aromatic heterocycles. The average Bonchev–Trinajstić information content (AvgIpc) is 2.40. The zero-order chi connectivity index (χ0) is 14.5. The Kier molecular flexibility index (Phi) is 5.14. The fraction of sp³-hybridized carbons (Fsp3) is 0.500. The van der Waals surface area contributed by atoms with Crippen molar-refractivity contribution in [3.05, 3.63) is 18.2 Å². The van der Waals surface area contributed by atoms with Gasteiger partial charge in [0.25, 0.3) is 0 Å². The van der Waals surface area contributed by atoms with E-state index in [0.717, 1.165) is 18.8 Å². The van der Waals surface area contributed by atoms with Crippen molar-refractivity contribution in [2.75, 3.05) is 43.5 Å². The fourth-order valence-corrected chi connectivity index (χ4v) is 3.32. The highest BCUT2D eigenvalue weighted by atomic mass is 32.2. The van der Waals surface area contributed by atoms with Crippen LogP contribution in [0.4, 0.5) is 11.4 Å². The van der Waals surface area contributed by atoms with Crippen LogP contribution in [-0.2, 0) is 4.79 Å². The van der Waals surface area contributed by atoms with Gasteiger partial charge in [0.05, 0.1) is 19.3 Å². The third-order valence-electron chi connectivity index (χ3n) is 3.19. The van der Waals surface area contributed by atoms with Crippen LogP contribution < -0.4 is 15.8 Å². The van der Waals surface area contributed by atoms with Gasteiger partial charge in [-0.1, -0.05) is 6.92 Å². The number of amides is 1. The summed E-state index contributed by atoms with van der Waals surface area (Å²) in [5.74, 6) is 1.65. The molecule has 0 aliphatic carbocycles. The minimum atomic E-state index is -0.0211. The van der Waals surface area contributed by atoms with E-state index in [1.807, 2.05) is 11.8 Å². The van der Waals surface area contributed by atoms with Gasteiger partial charge in [0.2, 0.25) is 5.91 Å². The second-order valence-corrected chi connectivity index (χ2v) is 6.47. The predicted octanol–water partition coefficient (Wildman–Crippen LogP) is 1.65. The molecule has 0 spiro atoms. The Balaban J connectivity index is 1.94. The van der Waals surface area contributed by atoms with E-state index in [-0.39, 0.29) is 5.91 Å². The molecule has 3 N–H and O–H groups in total. The number of carbonyl (C=O) groups is 1. The van der Waals surface area contributed by atoms with Crippen molar-refractivity contribution in [3.63, 3.8) is 0 Å². The molecule has 2 rings (SSSR count). The molecule has 0 saturated carbocycles. The Morgan fingerprint density at radius 3 is 3.10 bits per heavy atom. The van der Waals surface area contributed by atoms with Crippen molar-refractivity contribution in [1.82, 2.24) is 4.90 Å². The van der Waals surface area contributed by atoms with Gasteiger partial charge >= 0.3 is 0 Å². The van der Waals surface area contributed by atoms with E-state index in [9.17, 15) is 4.79 Å². The third-order valence-corrected chi connectivity index (χ3v) is 4.33. The summed E-state index contributed by atoms with van der Waals surface area (Å²) >= 11 is 1.95. The molecule has 1 fully saturated rings. The standard InChI is InChI=1S/C14H21N3O2S/c1-10-8-17(5-6-20-10)9-14(18)16-12-4-3-11(15)7-13(12)19-2/h3-4,7,10H,5-6,8-9,15H2,1-2H3,(H,16,18). The molecule has 1 amide bonds. The van der Waals surface area contributed by atoms with Gasteiger partial charge < -0.3 is 15.8 Å². The van der Waals surface area contributed by atoms with Crippen LogP contribution in [0.5, 0.6) is 5.75 Å². The van der Waals surface area contributed by atoms with Crippen LogP contribution in [0.1, 0.15) is 6.92 Å². The first-order chi connectivity index (χ1) is 9.58. The summed E-state index contributed by atoms with van der Waals surface area (Å²) < 4.78 is 5.22. The van der Waals surface area contributed by atoms with Crippen LogP contribution in [0, 0.1) is 0 Å². The summed E-state index contributed by atoms with van der Waals surface area (Å²) in [5.41, 5.74) is 6.97. The summed E-state index contributed by atoms with van der Waals surface area (Å²) in [6.45, 7) is 4.52. The molecule has 5 nitrogen and oxygen atoms in total. The maximum Gasteiger partial charge on any atom is 0.238 e. The number of rotatable bonds is 4. The molecule has 1 atom stereocenters. The topological polar surface area (TPSA) is 67.6 Å². The summed E-state index contributed by atoms with van der Waals surface area (Å²) in [6, 6.07) is 5.22. The first kappa shape index (κ1) is 15.0. The molecule has 1 aromatic carbocycles. The fourth-order valence-electron chi connectivity index (χ4n) is 2.24. The molecular weight excluding hydrogens is 274 g/mol.